The standard InChI is InChI=1S/C26H26N4O4/c31-24(21-14-28-30-23(21)20-9-12-34-16-20)29-22(15-27-25(32)26(33)10-3-4-11-26)19-8-7-17-5-1-2-6-18(17)13-19/h1-2,5-9,12-14,16,22,33H,3-4,10-11,15H2,(H,27,32)(H,28,30)(H,29,31). The number of aliphatic hydroxyl groups is 1. The highest BCUT2D eigenvalue weighted by molar-refractivity contribution is 6.00. The number of hydrogen-bond donors (Lipinski definition) is 4. The lowest BCUT2D eigenvalue weighted by molar-refractivity contribution is -0.139. The average Bonchev–Trinajstić information content (AvgIpc) is 3.63. The molecule has 2 amide bonds. The average molecular weight is 459 g/mol. The summed E-state index contributed by atoms with van der Waals surface area (Å²) in [6, 6.07) is 15.1. The third-order valence-corrected chi connectivity index (χ3v) is 6.50. The minimum atomic E-state index is -1.34. The predicted octanol–water partition coefficient (Wildman–Crippen LogP) is 3.72. The van der Waals surface area contributed by atoms with Crippen molar-refractivity contribution in [2.45, 2.75) is 37.3 Å². The maximum Gasteiger partial charge on any atom is 0.255 e. The molecule has 1 aliphatic rings. The van der Waals surface area contributed by atoms with Gasteiger partial charge in [-0.1, -0.05) is 36.4 Å². The number of amides is 2. The van der Waals surface area contributed by atoms with Crippen LogP contribution in [0.4, 0.5) is 0 Å². The third-order valence-electron chi connectivity index (χ3n) is 6.50. The molecule has 1 fully saturated rings. The number of nitrogens with one attached hydrogen (secondary N) is 3. The molecule has 1 aliphatic carbocycles. The molecule has 8 heteroatoms. The molecular formula is C26H26N4O4. The van der Waals surface area contributed by atoms with Crippen LogP contribution in [-0.4, -0.2) is 39.3 Å². The number of furan rings is 1. The van der Waals surface area contributed by atoms with Crippen LogP contribution >= 0.6 is 0 Å². The molecular weight excluding hydrogens is 432 g/mol. The van der Waals surface area contributed by atoms with Crippen molar-refractivity contribution >= 4 is 22.6 Å². The molecule has 0 spiro atoms. The van der Waals surface area contributed by atoms with Gasteiger partial charge in [0.1, 0.15) is 5.60 Å². The van der Waals surface area contributed by atoms with E-state index >= 15 is 0 Å². The first-order chi connectivity index (χ1) is 16.5. The number of hydrogen-bond acceptors (Lipinski definition) is 5. The summed E-state index contributed by atoms with van der Waals surface area (Å²) in [6.07, 6.45) is 7.09. The summed E-state index contributed by atoms with van der Waals surface area (Å²) < 4.78 is 5.14. The van der Waals surface area contributed by atoms with E-state index in [1.165, 1.54) is 18.7 Å². The van der Waals surface area contributed by atoms with Gasteiger partial charge in [0.15, 0.2) is 0 Å². The highest BCUT2D eigenvalue weighted by Gasteiger charge is 2.39. The van der Waals surface area contributed by atoms with Gasteiger partial charge in [-0.2, -0.15) is 5.10 Å². The monoisotopic (exact) mass is 458 g/mol. The maximum absolute atomic E-state index is 13.3. The Bertz CT molecular complexity index is 1310. The van der Waals surface area contributed by atoms with Gasteiger partial charge in [-0.3, -0.25) is 14.7 Å². The zero-order valence-electron chi connectivity index (χ0n) is 18.6. The van der Waals surface area contributed by atoms with E-state index in [4.69, 9.17) is 4.42 Å². The molecule has 0 aliphatic heterocycles. The molecule has 4 aromatic rings. The predicted molar refractivity (Wildman–Crippen MR) is 127 cm³/mol. The van der Waals surface area contributed by atoms with Crippen LogP contribution in [0.25, 0.3) is 22.0 Å². The number of rotatable bonds is 7. The number of H-pyrrole nitrogens is 1. The Morgan fingerprint density at radius 2 is 1.91 bits per heavy atom. The van der Waals surface area contributed by atoms with Gasteiger partial charge < -0.3 is 20.2 Å². The maximum atomic E-state index is 13.3. The molecule has 5 rings (SSSR count). The molecule has 174 valence electrons. The Labute approximate surface area is 196 Å². The van der Waals surface area contributed by atoms with Crippen LogP contribution in [0.5, 0.6) is 0 Å². The second kappa shape index (κ2) is 9.15. The Kier molecular flexibility index (Phi) is 5.90. The van der Waals surface area contributed by atoms with E-state index in [0.717, 1.165) is 29.2 Å². The van der Waals surface area contributed by atoms with E-state index in [1.54, 1.807) is 6.07 Å². The number of nitrogens with zero attached hydrogens (tertiary/aromatic N) is 1. The van der Waals surface area contributed by atoms with Crippen LogP contribution in [0.1, 0.15) is 47.6 Å². The zero-order valence-corrected chi connectivity index (χ0v) is 18.6. The SMILES string of the molecule is O=C(NC(CNC(=O)C1(O)CCCC1)c1ccc2ccccc2c1)c1cn[nH]c1-c1ccoc1. The van der Waals surface area contributed by atoms with Gasteiger partial charge in [0, 0.05) is 12.1 Å². The lowest BCUT2D eigenvalue weighted by Crippen LogP contribution is -2.47. The Balaban J connectivity index is 1.41. The van der Waals surface area contributed by atoms with Crippen LogP contribution in [0.2, 0.25) is 0 Å². The van der Waals surface area contributed by atoms with E-state index in [2.05, 4.69) is 20.8 Å². The number of carbonyl (C=O) groups is 2. The fraction of sp³-hybridized carbons (Fsp3) is 0.269. The summed E-state index contributed by atoms with van der Waals surface area (Å²) in [5.41, 5.74) is 1.14. The van der Waals surface area contributed by atoms with Crippen molar-refractivity contribution in [3.8, 4) is 11.3 Å². The second-order valence-corrected chi connectivity index (χ2v) is 8.75. The van der Waals surface area contributed by atoms with Gasteiger partial charge in [-0.15, -0.1) is 0 Å². The molecule has 34 heavy (non-hydrogen) atoms. The number of aromatic nitrogens is 2. The Morgan fingerprint density at radius 3 is 2.68 bits per heavy atom. The highest BCUT2D eigenvalue weighted by atomic mass is 16.3. The second-order valence-electron chi connectivity index (χ2n) is 8.75. The van der Waals surface area contributed by atoms with Crippen molar-refractivity contribution in [2.24, 2.45) is 0 Å². The number of fused-ring (bicyclic) bond motifs is 1. The summed E-state index contributed by atoms with van der Waals surface area (Å²) in [7, 11) is 0. The normalized spacial score (nSPS) is 15.8. The Hall–Kier alpha value is -3.91. The summed E-state index contributed by atoms with van der Waals surface area (Å²) in [5.74, 6) is -0.732. The molecule has 2 heterocycles. The van der Waals surface area contributed by atoms with Crippen molar-refractivity contribution in [2.75, 3.05) is 6.54 Å². The minimum Gasteiger partial charge on any atom is -0.472 e. The van der Waals surface area contributed by atoms with Crippen LogP contribution < -0.4 is 10.6 Å². The Morgan fingerprint density at radius 1 is 1.12 bits per heavy atom. The topological polar surface area (TPSA) is 120 Å². The fourth-order valence-corrected chi connectivity index (χ4v) is 4.54. The van der Waals surface area contributed by atoms with Gasteiger partial charge >= 0.3 is 0 Å². The van der Waals surface area contributed by atoms with E-state index in [0.29, 0.717) is 29.7 Å². The molecule has 4 N–H and O–H groups in total. The van der Waals surface area contributed by atoms with Crippen molar-refractivity contribution < 1.29 is 19.1 Å². The summed E-state index contributed by atoms with van der Waals surface area (Å²) in [4.78, 5) is 26.0. The largest absolute Gasteiger partial charge is 0.472 e. The lowest BCUT2D eigenvalue weighted by Gasteiger charge is -2.25. The minimum absolute atomic E-state index is 0.143. The van der Waals surface area contributed by atoms with E-state index < -0.39 is 17.6 Å². The first kappa shape index (κ1) is 21.9. The van der Waals surface area contributed by atoms with Gasteiger partial charge in [-0.25, -0.2) is 0 Å². The van der Waals surface area contributed by atoms with Crippen molar-refractivity contribution in [3.05, 3.63) is 78.4 Å². The summed E-state index contributed by atoms with van der Waals surface area (Å²) in [5, 5.41) is 25.5. The van der Waals surface area contributed by atoms with E-state index in [9.17, 15) is 14.7 Å². The van der Waals surface area contributed by atoms with Gasteiger partial charge in [0.25, 0.3) is 11.8 Å². The number of benzene rings is 2. The van der Waals surface area contributed by atoms with Crippen LogP contribution in [0, 0.1) is 0 Å². The molecule has 2 aromatic carbocycles. The van der Waals surface area contributed by atoms with E-state index in [1.807, 2.05) is 42.5 Å². The van der Waals surface area contributed by atoms with E-state index in [-0.39, 0.29) is 12.5 Å². The molecule has 0 saturated heterocycles. The quantitative estimate of drug-likeness (QED) is 0.336. The van der Waals surface area contributed by atoms with Crippen molar-refractivity contribution in [3.63, 3.8) is 0 Å². The van der Waals surface area contributed by atoms with Crippen LogP contribution in [0.15, 0.2) is 71.7 Å². The molecule has 1 unspecified atom stereocenters. The highest BCUT2D eigenvalue weighted by Crippen LogP contribution is 2.30. The summed E-state index contributed by atoms with van der Waals surface area (Å²) in [6.45, 7) is 0.143. The molecule has 1 saturated carbocycles. The van der Waals surface area contributed by atoms with Gasteiger partial charge in [-0.05, 0) is 54.2 Å². The van der Waals surface area contributed by atoms with Crippen molar-refractivity contribution in [1.29, 1.82) is 0 Å². The van der Waals surface area contributed by atoms with Crippen molar-refractivity contribution in [1.82, 2.24) is 20.8 Å². The van der Waals surface area contributed by atoms with Crippen LogP contribution in [0.3, 0.4) is 0 Å². The number of carbonyl (C=O) groups excluding carboxylic acids is 2. The van der Waals surface area contributed by atoms with Gasteiger partial charge in [0.2, 0.25) is 0 Å². The third kappa shape index (κ3) is 4.32. The molecule has 2 aromatic heterocycles. The summed E-state index contributed by atoms with van der Waals surface area (Å²) >= 11 is 0. The number of aromatic amines is 1. The van der Waals surface area contributed by atoms with Gasteiger partial charge in [0.05, 0.1) is 36.0 Å². The molecule has 8 nitrogen and oxygen atoms in total. The molecule has 0 bridgehead atoms. The van der Waals surface area contributed by atoms with Crippen LogP contribution in [-0.2, 0) is 4.79 Å². The fourth-order valence-electron chi connectivity index (χ4n) is 4.54. The smallest absolute Gasteiger partial charge is 0.255 e. The molecule has 0 radical (unpaired) electrons. The molecule has 1 atom stereocenters. The zero-order chi connectivity index (χ0) is 23.5. The lowest BCUT2D eigenvalue weighted by atomic mass is 9.99. The first-order valence-corrected chi connectivity index (χ1v) is 11.4. The first-order valence-electron chi connectivity index (χ1n) is 11.4.